The second kappa shape index (κ2) is 5.13. The molecule has 1 heterocycles. The highest BCUT2D eigenvalue weighted by atomic mass is 16.3. The highest BCUT2D eigenvalue weighted by Gasteiger charge is 2.26. The van der Waals surface area contributed by atoms with Crippen LogP contribution in [0.4, 0.5) is 0 Å². The molecule has 1 amide bonds. The van der Waals surface area contributed by atoms with Gasteiger partial charge in [-0.25, -0.2) is 0 Å². The lowest BCUT2D eigenvalue weighted by Crippen LogP contribution is -2.25. The molecule has 0 spiro atoms. The van der Waals surface area contributed by atoms with Gasteiger partial charge >= 0.3 is 0 Å². The molecular weight excluding hydrogens is 266 g/mol. The minimum atomic E-state index is -0.210. The van der Waals surface area contributed by atoms with Crippen LogP contribution in [-0.2, 0) is 19.5 Å². The molecule has 108 valence electrons. The van der Waals surface area contributed by atoms with Crippen LogP contribution in [0.1, 0.15) is 34.0 Å². The second-order valence-electron chi connectivity index (χ2n) is 5.28. The lowest BCUT2D eigenvalue weighted by atomic mass is 10.1. The van der Waals surface area contributed by atoms with Crippen LogP contribution in [0.15, 0.2) is 36.4 Å². The van der Waals surface area contributed by atoms with Crippen LogP contribution in [-0.4, -0.2) is 21.0 Å². The molecule has 21 heavy (non-hydrogen) atoms. The van der Waals surface area contributed by atoms with Gasteiger partial charge in [-0.05, 0) is 29.2 Å². The highest BCUT2D eigenvalue weighted by Crippen LogP contribution is 2.31. The van der Waals surface area contributed by atoms with Gasteiger partial charge in [-0.15, -0.1) is 0 Å². The monoisotopic (exact) mass is 283 g/mol. The first-order valence-corrected chi connectivity index (χ1v) is 7.01. The molecule has 4 heteroatoms. The predicted octanol–water partition coefficient (Wildman–Crippen LogP) is 2.82. The Balaban J connectivity index is 1.91. The van der Waals surface area contributed by atoms with Gasteiger partial charge in [0.05, 0.1) is 5.56 Å². The lowest BCUT2D eigenvalue weighted by Gasteiger charge is -2.17. The Hall–Kier alpha value is -2.49. The van der Waals surface area contributed by atoms with Crippen molar-refractivity contribution in [2.45, 2.75) is 26.4 Å². The number of amides is 1. The molecule has 0 unspecified atom stereocenters. The third-order valence-corrected chi connectivity index (χ3v) is 3.94. The van der Waals surface area contributed by atoms with Crippen molar-refractivity contribution in [3.63, 3.8) is 0 Å². The standard InChI is InChI=1S/C17H17NO3/c1-2-11-7-14(16(20)8-15(11)19)17(21)18-9-12-5-3-4-6-13(12)10-18/h3-8,19-20H,2,9-10H2,1H3. The molecule has 4 nitrogen and oxygen atoms in total. The average molecular weight is 283 g/mol. The van der Waals surface area contributed by atoms with Crippen molar-refractivity contribution >= 4 is 5.91 Å². The summed E-state index contributed by atoms with van der Waals surface area (Å²) in [6, 6.07) is 10.8. The summed E-state index contributed by atoms with van der Waals surface area (Å²) in [6.07, 6.45) is 0.604. The van der Waals surface area contributed by atoms with Gasteiger partial charge in [-0.1, -0.05) is 31.2 Å². The van der Waals surface area contributed by atoms with E-state index < -0.39 is 0 Å². The maximum atomic E-state index is 12.6. The van der Waals surface area contributed by atoms with Crippen molar-refractivity contribution < 1.29 is 15.0 Å². The van der Waals surface area contributed by atoms with Gasteiger partial charge in [0.1, 0.15) is 11.5 Å². The zero-order valence-electron chi connectivity index (χ0n) is 11.8. The Morgan fingerprint density at radius 2 is 1.71 bits per heavy atom. The highest BCUT2D eigenvalue weighted by molar-refractivity contribution is 5.97. The van der Waals surface area contributed by atoms with Gasteiger partial charge < -0.3 is 15.1 Å². The lowest BCUT2D eigenvalue weighted by molar-refractivity contribution is 0.0748. The van der Waals surface area contributed by atoms with Crippen LogP contribution in [0.3, 0.4) is 0 Å². The van der Waals surface area contributed by atoms with E-state index in [1.807, 2.05) is 31.2 Å². The molecule has 2 aromatic rings. The van der Waals surface area contributed by atoms with Crippen molar-refractivity contribution in [1.82, 2.24) is 4.90 Å². The summed E-state index contributed by atoms with van der Waals surface area (Å²) in [4.78, 5) is 14.3. The number of phenols is 2. The second-order valence-corrected chi connectivity index (χ2v) is 5.28. The number of aromatic hydroxyl groups is 2. The number of benzene rings is 2. The molecule has 0 aliphatic carbocycles. The molecular formula is C17H17NO3. The van der Waals surface area contributed by atoms with Crippen LogP contribution in [0.25, 0.3) is 0 Å². The number of aryl methyl sites for hydroxylation is 1. The summed E-state index contributed by atoms with van der Waals surface area (Å²) in [7, 11) is 0. The van der Waals surface area contributed by atoms with E-state index in [1.165, 1.54) is 6.07 Å². The molecule has 0 radical (unpaired) electrons. The minimum Gasteiger partial charge on any atom is -0.508 e. The Kier molecular flexibility index (Phi) is 3.29. The van der Waals surface area contributed by atoms with Crippen molar-refractivity contribution in [3.05, 3.63) is 58.7 Å². The number of rotatable bonds is 2. The van der Waals surface area contributed by atoms with E-state index in [2.05, 4.69) is 0 Å². The number of hydrogen-bond acceptors (Lipinski definition) is 3. The molecule has 3 rings (SSSR count). The van der Waals surface area contributed by atoms with Crippen molar-refractivity contribution in [2.75, 3.05) is 0 Å². The van der Waals surface area contributed by atoms with Crippen LogP contribution in [0.2, 0.25) is 0 Å². The van der Waals surface area contributed by atoms with Gasteiger partial charge in [0.25, 0.3) is 5.91 Å². The van der Waals surface area contributed by atoms with E-state index in [9.17, 15) is 15.0 Å². The Morgan fingerprint density at radius 3 is 2.29 bits per heavy atom. The summed E-state index contributed by atoms with van der Waals surface area (Å²) in [5, 5.41) is 19.7. The first-order chi connectivity index (χ1) is 10.1. The number of hydrogen-bond donors (Lipinski definition) is 2. The van der Waals surface area contributed by atoms with E-state index in [0.29, 0.717) is 25.1 Å². The normalized spacial score (nSPS) is 13.3. The number of carbonyl (C=O) groups is 1. The first-order valence-electron chi connectivity index (χ1n) is 7.01. The number of nitrogens with zero attached hydrogens (tertiary/aromatic N) is 1. The SMILES string of the molecule is CCc1cc(C(=O)N2Cc3ccccc3C2)c(O)cc1O. The third kappa shape index (κ3) is 2.33. The number of fused-ring (bicyclic) bond motifs is 1. The van der Waals surface area contributed by atoms with E-state index in [0.717, 1.165) is 11.1 Å². The molecule has 1 aliphatic rings. The molecule has 2 aromatic carbocycles. The predicted molar refractivity (Wildman–Crippen MR) is 79.2 cm³/mol. The molecule has 1 aliphatic heterocycles. The summed E-state index contributed by atoms with van der Waals surface area (Å²) in [5.41, 5.74) is 3.19. The molecule has 2 N–H and O–H groups in total. The number of phenolic OH excluding ortho intramolecular Hbond substituents is 2. The zero-order chi connectivity index (χ0) is 15.0. The Morgan fingerprint density at radius 1 is 1.10 bits per heavy atom. The molecule has 0 saturated heterocycles. The summed E-state index contributed by atoms with van der Waals surface area (Å²) in [6.45, 7) is 3.00. The third-order valence-electron chi connectivity index (χ3n) is 3.94. The fourth-order valence-electron chi connectivity index (χ4n) is 2.72. The summed E-state index contributed by atoms with van der Waals surface area (Å²) in [5.74, 6) is -0.361. The average Bonchev–Trinajstić information content (AvgIpc) is 2.90. The van der Waals surface area contributed by atoms with Crippen LogP contribution >= 0.6 is 0 Å². The van der Waals surface area contributed by atoms with Crippen molar-refractivity contribution in [2.24, 2.45) is 0 Å². The van der Waals surface area contributed by atoms with Crippen molar-refractivity contribution in [3.8, 4) is 11.5 Å². The summed E-state index contributed by atoms with van der Waals surface area (Å²) >= 11 is 0. The van der Waals surface area contributed by atoms with Gasteiger partial charge in [-0.2, -0.15) is 0 Å². The first kappa shape index (κ1) is 13.5. The quantitative estimate of drug-likeness (QED) is 0.891. The van der Waals surface area contributed by atoms with Gasteiger partial charge in [0.2, 0.25) is 0 Å². The maximum absolute atomic E-state index is 12.6. The Bertz CT molecular complexity index is 684. The fraction of sp³-hybridized carbons (Fsp3) is 0.235. The van der Waals surface area contributed by atoms with E-state index in [-0.39, 0.29) is 23.0 Å². The molecule has 0 bridgehead atoms. The van der Waals surface area contributed by atoms with Gasteiger partial charge in [0.15, 0.2) is 0 Å². The van der Waals surface area contributed by atoms with Gasteiger partial charge in [-0.3, -0.25) is 4.79 Å². The Labute approximate surface area is 123 Å². The van der Waals surface area contributed by atoms with Crippen LogP contribution in [0, 0.1) is 0 Å². The smallest absolute Gasteiger partial charge is 0.258 e. The molecule has 0 saturated carbocycles. The maximum Gasteiger partial charge on any atom is 0.258 e. The molecule has 0 atom stereocenters. The van der Waals surface area contributed by atoms with Gasteiger partial charge in [0, 0.05) is 19.2 Å². The molecule has 0 fully saturated rings. The molecule has 0 aromatic heterocycles. The summed E-state index contributed by atoms with van der Waals surface area (Å²) < 4.78 is 0. The topological polar surface area (TPSA) is 60.8 Å². The largest absolute Gasteiger partial charge is 0.508 e. The van der Waals surface area contributed by atoms with Crippen LogP contribution in [0.5, 0.6) is 11.5 Å². The van der Waals surface area contributed by atoms with Crippen LogP contribution < -0.4 is 0 Å². The zero-order valence-corrected chi connectivity index (χ0v) is 11.8. The van der Waals surface area contributed by atoms with E-state index in [1.54, 1.807) is 11.0 Å². The minimum absolute atomic E-state index is 0.0243. The fourth-order valence-corrected chi connectivity index (χ4v) is 2.72. The number of carbonyl (C=O) groups excluding carboxylic acids is 1. The van der Waals surface area contributed by atoms with E-state index in [4.69, 9.17) is 0 Å². The van der Waals surface area contributed by atoms with Crippen molar-refractivity contribution in [1.29, 1.82) is 0 Å². The van der Waals surface area contributed by atoms with E-state index >= 15 is 0 Å².